The summed E-state index contributed by atoms with van der Waals surface area (Å²) in [5.41, 5.74) is 9.15. The number of aliphatic hydroxyl groups is 1. The molecule has 10 nitrogen and oxygen atoms in total. The number of carbonyl (C=O) groups excluding carboxylic acids is 2. The minimum absolute atomic E-state index is 0.144. The van der Waals surface area contributed by atoms with Crippen LogP contribution in [0.4, 0.5) is 27.7 Å². The standard InChI is InChI=1S/C37H35N5O5/c1-6-22-15-23(21-43)17-25(16-22)40-33-20-26(13-14-39-33)47-32-12-11-30(27-9-7-8-10-28(27)32)41-36(45)42-31-19-24(37(2,3)4)18-29(35(38)44)34(31)46-5/h1,7-20,43H,21H2,2-5H3,(H2,38,44)(H,39,40)(H2,41,42,45). The lowest BCUT2D eigenvalue weighted by atomic mass is 9.85. The number of carbonyl (C=O) groups is 2. The first-order valence-corrected chi connectivity index (χ1v) is 14.7. The predicted octanol–water partition coefficient (Wildman–Crippen LogP) is 7.29. The second-order valence-corrected chi connectivity index (χ2v) is 11.8. The minimum Gasteiger partial charge on any atom is -0.494 e. The number of aliphatic hydroxyl groups excluding tert-OH is 1. The first-order valence-electron chi connectivity index (χ1n) is 14.7. The molecule has 0 aliphatic rings. The van der Waals surface area contributed by atoms with Gasteiger partial charge in [-0.1, -0.05) is 51.0 Å². The molecular weight excluding hydrogens is 594 g/mol. The first-order chi connectivity index (χ1) is 22.5. The second kappa shape index (κ2) is 13.5. The number of methoxy groups -OCH3 is 1. The van der Waals surface area contributed by atoms with Crippen LogP contribution in [0.25, 0.3) is 10.8 Å². The van der Waals surface area contributed by atoms with Crippen LogP contribution < -0.4 is 31.2 Å². The number of benzene rings is 4. The Morgan fingerprint density at radius 3 is 2.38 bits per heavy atom. The van der Waals surface area contributed by atoms with E-state index in [9.17, 15) is 14.7 Å². The molecule has 3 amide bonds. The summed E-state index contributed by atoms with van der Waals surface area (Å²) in [6.45, 7) is 5.84. The molecule has 0 aliphatic carbocycles. The first kappa shape index (κ1) is 32.3. The zero-order valence-electron chi connectivity index (χ0n) is 26.5. The highest BCUT2D eigenvalue weighted by molar-refractivity contribution is 6.09. The van der Waals surface area contributed by atoms with Gasteiger partial charge in [-0.15, -0.1) is 6.42 Å². The maximum Gasteiger partial charge on any atom is 0.323 e. The summed E-state index contributed by atoms with van der Waals surface area (Å²) >= 11 is 0. The third-order valence-corrected chi connectivity index (χ3v) is 7.38. The molecule has 0 unspecified atom stereocenters. The van der Waals surface area contributed by atoms with Crippen LogP contribution in [-0.4, -0.2) is 29.1 Å². The van der Waals surface area contributed by atoms with Crippen LogP contribution in [-0.2, 0) is 12.0 Å². The van der Waals surface area contributed by atoms with Gasteiger partial charge in [0.15, 0.2) is 5.75 Å². The number of nitrogens with two attached hydrogens (primary N) is 1. The Labute approximate surface area is 272 Å². The van der Waals surface area contributed by atoms with Crippen LogP contribution in [0.1, 0.15) is 47.8 Å². The number of fused-ring (bicyclic) bond motifs is 1. The fourth-order valence-corrected chi connectivity index (χ4v) is 5.06. The van der Waals surface area contributed by atoms with Crippen molar-refractivity contribution in [3.63, 3.8) is 0 Å². The van der Waals surface area contributed by atoms with Gasteiger partial charge in [-0.3, -0.25) is 4.79 Å². The number of urea groups is 1. The van der Waals surface area contributed by atoms with Crippen molar-refractivity contribution < 1.29 is 24.2 Å². The fraction of sp³-hybridized carbons (Fsp3) is 0.162. The molecule has 0 saturated carbocycles. The molecule has 0 aliphatic heterocycles. The molecule has 1 heterocycles. The normalized spacial score (nSPS) is 11.0. The van der Waals surface area contributed by atoms with E-state index in [0.717, 1.165) is 16.3 Å². The van der Waals surface area contributed by atoms with Crippen LogP contribution in [0.2, 0.25) is 0 Å². The molecule has 47 heavy (non-hydrogen) atoms. The number of pyridine rings is 1. The smallest absolute Gasteiger partial charge is 0.323 e. The molecule has 0 fully saturated rings. The summed E-state index contributed by atoms with van der Waals surface area (Å²) in [7, 11) is 1.42. The van der Waals surface area contributed by atoms with Gasteiger partial charge >= 0.3 is 6.03 Å². The van der Waals surface area contributed by atoms with Crippen molar-refractivity contribution in [3.05, 3.63) is 107 Å². The largest absolute Gasteiger partial charge is 0.494 e. The van der Waals surface area contributed by atoms with E-state index in [0.29, 0.717) is 45.5 Å². The molecule has 0 bridgehead atoms. The molecule has 0 spiro atoms. The number of terminal acetylenes is 1. The number of primary amides is 1. The molecule has 1 aromatic heterocycles. The number of anilines is 4. The van der Waals surface area contributed by atoms with Crippen molar-refractivity contribution in [1.29, 1.82) is 0 Å². The fourth-order valence-electron chi connectivity index (χ4n) is 5.06. The van der Waals surface area contributed by atoms with Gasteiger partial charge in [-0.25, -0.2) is 9.78 Å². The summed E-state index contributed by atoms with van der Waals surface area (Å²) in [5, 5.41) is 20.0. The molecule has 0 saturated heterocycles. The SMILES string of the molecule is C#Cc1cc(CO)cc(Nc2cc(Oc3ccc(NC(=O)Nc4cc(C(C)(C)C)cc(C(N)=O)c4OC)c4ccccc34)ccn2)c1. The number of hydrogen-bond acceptors (Lipinski definition) is 7. The lowest BCUT2D eigenvalue weighted by Gasteiger charge is -2.23. The van der Waals surface area contributed by atoms with Crippen molar-refractivity contribution in [1.82, 2.24) is 4.98 Å². The number of nitrogens with one attached hydrogen (secondary N) is 3. The van der Waals surface area contributed by atoms with E-state index >= 15 is 0 Å². The van der Waals surface area contributed by atoms with Crippen LogP contribution in [0.15, 0.2) is 85.1 Å². The number of aromatic nitrogens is 1. The van der Waals surface area contributed by atoms with E-state index in [2.05, 4.69) is 26.9 Å². The monoisotopic (exact) mass is 629 g/mol. The van der Waals surface area contributed by atoms with Crippen LogP contribution in [0.5, 0.6) is 17.2 Å². The molecular formula is C37H35N5O5. The average Bonchev–Trinajstić information content (AvgIpc) is 3.05. The molecule has 0 atom stereocenters. The zero-order chi connectivity index (χ0) is 33.7. The Morgan fingerprint density at radius 2 is 1.70 bits per heavy atom. The molecule has 238 valence electrons. The van der Waals surface area contributed by atoms with Gasteiger partial charge in [0.1, 0.15) is 17.3 Å². The van der Waals surface area contributed by atoms with Crippen LogP contribution in [0, 0.1) is 12.3 Å². The van der Waals surface area contributed by atoms with E-state index in [1.165, 1.54) is 7.11 Å². The quantitative estimate of drug-likeness (QED) is 0.108. The van der Waals surface area contributed by atoms with Crippen LogP contribution >= 0.6 is 0 Å². The van der Waals surface area contributed by atoms with Gasteiger partial charge in [0.25, 0.3) is 5.91 Å². The van der Waals surface area contributed by atoms with Gasteiger partial charge in [0.2, 0.25) is 0 Å². The zero-order valence-corrected chi connectivity index (χ0v) is 26.5. The number of amides is 3. The maximum atomic E-state index is 13.3. The molecule has 6 N–H and O–H groups in total. The molecule has 5 rings (SSSR count). The average molecular weight is 630 g/mol. The highest BCUT2D eigenvalue weighted by Gasteiger charge is 2.23. The Morgan fingerprint density at radius 1 is 0.957 bits per heavy atom. The van der Waals surface area contributed by atoms with E-state index in [4.69, 9.17) is 21.6 Å². The van der Waals surface area contributed by atoms with Crippen molar-refractivity contribution >= 4 is 45.6 Å². The molecule has 10 heteroatoms. The lowest BCUT2D eigenvalue weighted by molar-refractivity contribution is 0.0997. The van der Waals surface area contributed by atoms with Crippen molar-refractivity contribution in [2.24, 2.45) is 5.73 Å². The third kappa shape index (κ3) is 7.44. The minimum atomic E-state index is -0.663. The molecule has 0 radical (unpaired) electrons. The number of rotatable bonds is 9. The van der Waals surface area contributed by atoms with Gasteiger partial charge in [0.05, 0.1) is 30.7 Å². The molecule has 5 aromatic rings. The summed E-state index contributed by atoms with van der Waals surface area (Å²) in [6.07, 6.45) is 7.18. The highest BCUT2D eigenvalue weighted by atomic mass is 16.5. The van der Waals surface area contributed by atoms with Crippen LogP contribution in [0.3, 0.4) is 0 Å². The Kier molecular flexibility index (Phi) is 9.31. The third-order valence-electron chi connectivity index (χ3n) is 7.38. The van der Waals surface area contributed by atoms with Gasteiger partial charge in [0, 0.05) is 34.3 Å². The summed E-state index contributed by atoms with van der Waals surface area (Å²) < 4.78 is 11.8. The Bertz CT molecular complexity index is 2030. The summed E-state index contributed by atoms with van der Waals surface area (Å²) in [6, 6.07) is 22.7. The number of hydrogen-bond donors (Lipinski definition) is 5. The second-order valence-electron chi connectivity index (χ2n) is 11.8. The van der Waals surface area contributed by atoms with Gasteiger partial charge in [-0.05, 0) is 65.1 Å². The highest BCUT2D eigenvalue weighted by Crippen LogP contribution is 2.37. The van der Waals surface area contributed by atoms with E-state index in [-0.39, 0.29) is 23.3 Å². The Hall–Kier alpha value is -6.05. The van der Waals surface area contributed by atoms with Crippen molar-refractivity contribution in [2.75, 3.05) is 23.1 Å². The Balaban J connectivity index is 1.39. The number of nitrogens with zero attached hydrogens (tertiary/aromatic N) is 1. The van der Waals surface area contributed by atoms with E-state index in [1.54, 1.807) is 60.8 Å². The lowest BCUT2D eigenvalue weighted by Crippen LogP contribution is -2.23. The molecule has 4 aromatic carbocycles. The summed E-state index contributed by atoms with van der Waals surface area (Å²) in [4.78, 5) is 29.9. The van der Waals surface area contributed by atoms with E-state index in [1.807, 2.05) is 45.0 Å². The predicted molar refractivity (Wildman–Crippen MR) is 185 cm³/mol. The van der Waals surface area contributed by atoms with Crippen molar-refractivity contribution in [3.8, 4) is 29.6 Å². The van der Waals surface area contributed by atoms with E-state index < -0.39 is 11.9 Å². The maximum absolute atomic E-state index is 13.3. The topological polar surface area (TPSA) is 148 Å². The van der Waals surface area contributed by atoms with Crippen molar-refractivity contribution in [2.45, 2.75) is 32.8 Å². The van der Waals surface area contributed by atoms with Gasteiger partial charge in [-0.2, -0.15) is 0 Å². The van der Waals surface area contributed by atoms with Gasteiger partial charge < -0.3 is 36.3 Å². The summed E-state index contributed by atoms with van der Waals surface area (Å²) in [5.74, 6) is 3.71. The number of ether oxygens (including phenoxy) is 2.